The van der Waals surface area contributed by atoms with Crippen molar-refractivity contribution in [3.8, 4) is 0 Å². The third-order valence-electron chi connectivity index (χ3n) is 6.20. The van der Waals surface area contributed by atoms with Gasteiger partial charge in [0.05, 0.1) is 30.3 Å². The molecule has 1 unspecified atom stereocenters. The monoisotopic (exact) mass is 471 g/mol. The van der Waals surface area contributed by atoms with E-state index >= 15 is 0 Å². The van der Waals surface area contributed by atoms with Crippen LogP contribution in [0.25, 0.3) is 0 Å². The molecule has 174 valence electrons. The number of nitrogens with one attached hydrogen (secondary N) is 1. The van der Waals surface area contributed by atoms with Crippen molar-refractivity contribution in [1.82, 2.24) is 34.4 Å². The molecule has 1 atom stereocenters. The summed E-state index contributed by atoms with van der Waals surface area (Å²) in [6.45, 7) is 4.04. The number of benzene rings is 1. The average molecular weight is 472 g/mol. The molecule has 2 aliphatic heterocycles. The van der Waals surface area contributed by atoms with Gasteiger partial charge in [0.1, 0.15) is 17.0 Å². The second-order valence-electron chi connectivity index (χ2n) is 8.23. The molecule has 2 aromatic heterocycles. The van der Waals surface area contributed by atoms with Crippen LogP contribution in [0, 0.1) is 0 Å². The summed E-state index contributed by atoms with van der Waals surface area (Å²) >= 11 is 0. The Morgan fingerprint density at radius 1 is 1.21 bits per heavy atom. The van der Waals surface area contributed by atoms with E-state index in [4.69, 9.17) is 4.74 Å². The van der Waals surface area contributed by atoms with Crippen LogP contribution in [-0.2, 0) is 41.0 Å². The van der Waals surface area contributed by atoms with Gasteiger partial charge >= 0.3 is 0 Å². The third-order valence-corrected chi connectivity index (χ3v) is 8.06. The van der Waals surface area contributed by atoms with Crippen LogP contribution >= 0.6 is 0 Å². The zero-order chi connectivity index (χ0) is 23.1. The van der Waals surface area contributed by atoms with E-state index in [0.29, 0.717) is 37.4 Å². The van der Waals surface area contributed by atoms with Gasteiger partial charge < -0.3 is 10.1 Å². The minimum atomic E-state index is -3.58. The molecule has 0 aliphatic carbocycles. The summed E-state index contributed by atoms with van der Waals surface area (Å²) < 4.78 is 37.0. The largest absolute Gasteiger partial charge is 0.365 e. The van der Waals surface area contributed by atoms with E-state index in [0.717, 1.165) is 5.69 Å². The van der Waals surface area contributed by atoms with E-state index in [1.54, 1.807) is 52.0 Å². The van der Waals surface area contributed by atoms with Gasteiger partial charge in [-0.25, -0.2) is 13.1 Å². The molecule has 4 heterocycles. The van der Waals surface area contributed by atoms with Crippen molar-refractivity contribution in [3.05, 3.63) is 59.7 Å². The second kappa shape index (κ2) is 8.36. The minimum Gasteiger partial charge on any atom is -0.365 e. The molecule has 0 radical (unpaired) electrons. The number of carbonyl (C=O) groups is 1. The minimum absolute atomic E-state index is 0.216. The molecular formula is C21H25N7O4S. The maximum absolute atomic E-state index is 13.0. The normalized spacial score (nSPS) is 20.8. The third kappa shape index (κ3) is 3.94. The number of amides is 1. The Labute approximate surface area is 191 Å². The lowest BCUT2D eigenvalue weighted by Crippen LogP contribution is -2.45. The van der Waals surface area contributed by atoms with Gasteiger partial charge in [0, 0.05) is 25.8 Å². The van der Waals surface area contributed by atoms with Crippen LogP contribution in [0.15, 0.2) is 47.5 Å². The fourth-order valence-electron chi connectivity index (χ4n) is 4.36. The maximum atomic E-state index is 13.0. The number of hydrogen-bond acceptors (Lipinski definition) is 7. The molecule has 1 N–H and O–H groups in total. The predicted octanol–water partition coefficient (Wildman–Crippen LogP) is 0.788. The number of rotatable bonds is 6. The number of carbonyl (C=O) groups excluding carboxylic acids is 1. The van der Waals surface area contributed by atoms with E-state index in [2.05, 4.69) is 20.7 Å². The Hall–Kier alpha value is -3.09. The van der Waals surface area contributed by atoms with Gasteiger partial charge in [-0.15, -0.1) is 5.10 Å². The first kappa shape index (κ1) is 21.7. The first-order valence-corrected chi connectivity index (χ1v) is 12.3. The number of nitrogens with zero attached hydrogens (tertiary/aromatic N) is 6. The standard InChI is InChI=1S/C21H25N7O4S/c1-2-27-18(8-10-23-27)20(29)22-12-17-19-13-32-21(15-28(19)25-24-17)9-11-26(14-21)33(30,31)16-6-4-3-5-7-16/h3-8,10H,2,9,11-15H2,1H3,(H,22,29). The fraction of sp³-hybridized carbons (Fsp3) is 0.429. The Morgan fingerprint density at radius 3 is 2.82 bits per heavy atom. The first-order chi connectivity index (χ1) is 15.9. The van der Waals surface area contributed by atoms with Crippen molar-refractivity contribution >= 4 is 15.9 Å². The molecule has 3 aromatic rings. The Morgan fingerprint density at radius 2 is 2.03 bits per heavy atom. The Bertz CT molecular complexity index is 1270. The molecule has 1 saturated heterocycles. The molecule has 1 spiro atoms. The SMILES string of the molecule is CCn1nccc1C(=O)NCc1nnn2c1COC1(CCN(S(=O)(=O)c3ccccc3)C1)C2. The molecule has 11 nitrogen and oxygen atoms in total. The van der Waals surface area contributed by atoms with Crippen molar-refractivity contribution in [2.45, 2.75) is 50.1 Å². The number of ether oxygens (including phenoxy) is 1. The maximum Gasteiger partial charge on any atom is 0.269 e. The summed E-state index contributed by atoms with van der Waals surface area (Å²) in [5, 5.41) is 15.4. The number of sulfonamides is 1. The van der Waals surface area contributed by atoms with E-state index in [1.165, 1.54) is 4.31 Å². The van der Waals surface area contributed by atoms with Gasteiger partial charge in [0.25, 0.3) is 5.91 Å². The molecule has 33 heavy (non-hydrogen) atoms. The smallest absolute Gasteiger partial charge is 0.269 e. The number of aryl methyl sites for hydroxylation is 1. The average Bonchev–Trinajstić information content (AvgIpc) is 3.57. The van der Waals surface area contributed by atoms with Crippen LogP contribution in [0.3, 0.4) is 0 Å². The van der Waals surface area contributed by atoms with Crippen LogP contribution in [0.5, 0.6) is 0 Å². The van der Waals surface area contributed by atoms with E-state index in [-0.39, 0.29) is 30.5 Å². The van der Waals surface area contributed by atoms with Crippen molar-refractivity contribution in [2.24, 2.45) is 0 Å². The summed E-state index contributed by atoms with van der Waals surface area (Å²) in [5.41, 5.74) is 1.26. The molecule has 12 heteroatoms. The van der Waals surface area contributed by atoms with E-state index in [9.17, 15) is 13.2 Å². The molecule has 5 rings (SSSR count). The van der Waals surface area contributed by atoms with Crippen LogP contribution in [0.4, 0.5) is 0 Å². The predicted molar refractivity (Wildman–Crippen MR) is 116 cm³/mol. The summed E-state index contributed by atoms with van der Waals surface area (Å²) in [6.07, 6.45) is 2.17. The lowest BCUT2D eigenvalue weighted by Gasteiger charge is -2.34. The summed E-state index contributed by atoms with van der Waals surface area (Å²) in [4.78, 5) is 12.8. The highest BCUT2D eigenvalue weighted by Crippen LogP contribution is 2.35. The molecule has 0 bridgehead atoms. The van der Waals surface area contributed by atoms with Crippen molar-refractivity contribution < 1.29 is 17.9 Å². The fourth-order valence-corrected chi connectivity index (χ4v) is 5.90. The zero-order valence-corrected chi connectivity index (χ0v) is 19.0. The molecule has 2 aliphatic rings. The van der Waals surface area contributed by atoms with E-state index in [1.807, 2.05) is 6.92 Å². The second-order valence-corrected chi connectivity index (χ2v) is 10.2. The van der Waals surface area contributed by atoms with Crippen molar-refractivity contribution in [2.75, 3.05) is 13.1 Å². The van der Waals surface area contributed by atoms with Crippen LogP contribution in [0.1, 0.15) is 35.2 Å². The molecule has 0 saturated carbocycles. The van der Waals surface area contributed by atoms with Crippen molar-refractivity contribution in [1.29, 1.82) is 0 Å². The highest BCUT2D eigenvalue weighted by atomic mass is 32.2. The lowest BCUT2D eigenvalue weighted by atomic mass is 10.0. The lowest BCUT2D eigenvalue weighted by molar-refractivity contribution is -0.0813. The summed E-state index contributed by atoms with van der Waals surface area (Å²) in [5.74, 6) is -0.234. The van der Waals surface area contributed by atoms with Crippen LogP contribution in [0.2, 0.25) is 0 Å². The molecular weight excluding hydrogens is 446 g/mol. The zero-order valence-electron chi connectivity index (χ0n) is 18.2. The van der Waals surface area contributed by atoms with Crippen molar-refractivity contribution in [3.63, 3.8) is 0 Å². The van der Waals surface area contributed by atoms with E-state index < -0.39 is 15.6 Å². The van der Waals surface area contributed by atoms with Crippen LogP contribution in [-0.4, -0.2) is 62.1 Å². The number of aromatic nitrogens is 5. The number of fused-ring (bicyclic) bond motifs is 1. The van der Waals surface area contributed by atoms with Gasteiger partial charge in [0.2, 0.25) is 10.0 Å². The molecule has 1 fully saturated rings. The topological polar surface area (TPSA) is 124 Å². The van der Waals surface area contributed by atoms with Gasteiger partial charge in [0.15, 0.2) is 0 Å². The summed E-state index contributed by atoms with van der Waals surface area (Å²) in [6, 6.07) is 10.1. The Balaban J connectivity index is 1.26. The highest BCUT2D eigenvalue weighted by Gasteiger charge is 2.47. The first-order valence-electron chi connectivity index (χ1n) is 10.8. The Kier molecular flexibility index (Phi) is 5.51. The highest BCUT2D eigenvalue weighted by molar-refractivity contribution is 7.89. The van der Waals surface area contributed by atoms with Gasteiger partial charge in [-0.2, -0.15) is 9.40 Å². The molecule has 1 amide bonds. The molecule has 1 aromatic carbocycles. The van der Waals surface area contributed by atoms with Gasteiger partial charge in [-0.05, 0) is 31.5 Å². The summed E-state index contributed by atoms with van der Waals surface area (Å²) in [7, 11) is -3.58. The van der Waals surface area contributed by atoms with Gasteiger partial charge in [-0.3, -0.25) is 9.48 Å². The van der Waals surface area contributed by atoms with Gasteiger partial charge in [-0.1, -0.05) is 23.4 Å². The quantitative estimate of drug-likeness (QED) is 0.564. The van der Waals surface area contributed by atoms with Crippen LogP contribution < -0.4 is 5.32 Å². The number of hydrogen-bond donors (Lipinski definition) is 1.